The molecule has 3 amide bonds. The summed E-state index contributed by atoms with van der Waals surface area (Å²) in [5.74, 6) is 0.812. The number of urea groups is 1. The van der Waals surface area contributed by atoms with Crippen molar-refractivity contribution in [1.29, 1.82) is 0 Å². The second-order valence-electron chi connectivity index (χ2n) is 10.0. The van der Waals surface area contributed by atoms with Crippen molar-refractivity contribution < 1.29 is 33.3 Å². The Hall–Kier alpha value is -4.29. The summed E-state index contributed by atoms with van der Waals surface area (Å²) in [6.45, 7) is 2.18. The van der Waals surface area contributed by atoms with E-state index < -0.39 is 18.0 Å². The number of nitrogens with one attached hydrogen (secondary N) is 2. The molecule has 1 saturated carbocycles. The molecule has 1 fully saturated rings. The van der Waals surface area contributed by atoms with Crippen molar-refractivity contribution in [2.75, 3.05) is 33.7 Å². The van der Waals surface area contributed by atoms with E-state index in [1.165, 1.54) is 11.8 Å². The summed E-state index contributed by atoms with van der Waals surface area (Å²) in [6, 6.07) is 11.6. The first kappa shape index (κ1) is 30.2. The molecule has 12 heteroatoms. The molecule has 2 aliphatic heterocycles. The van der Waals surface area contributed by atoms with Gasteiger partial charge in [-0.05, 0) is 61.2 Å². The Kier molecular flexibility index (Phi) is 9.37. The molecule has 1 aliphatic carbocycles. The molecule has 43 heavy (non-hydrogen) atoms. The van der Waals surface area contributed by atoms with Gasteiger partial charge in [-0.2, -0.15) is 0 Å². The number of hydrogen-bond acceptors (Lipinski definition) is 9. The van der Waals surface area contributed by atoms with Crippen molar-refractivity contribution in [1.82, 2.24) is 15.5 Å². The van der Waals surface area contributed by atoms with Crippen molar-refractivity contribution >= 4 is 40.9 Å². The second kappa shape index (κ2) is 13.3. The van der Waals surface area contributed by atoms with Crippen molar-refractivity contribution in [2.45, 2.75) is 38.5 Å². The fourth-order valence-corrected chi connectivity index (χ4v) is 5.97. The normalized spacial score (nSPS) is 19.3. The Bertz CT molecular complexity index is 1500. The highest BCUT2D eigenvalue weighted by Gasteiger charge is 2.42. The van der Waals surface area contributed by atoms with Crippen molar-refractivity contribution in [3.63, 3.8) is 0 Å². The van der Waals surface area contributed by atoms with Crippen molar-refractivity contribution in [3.05, 3.63) is 76.1 Å². The molecule has 0 radical (unpaired) electrons. The summed E-state index contributed by atoms with van der Waals surface area (Å²) in [4.78, 5) is 46.0. The number of carbonyl (C=O) groups is 3. The zero-order chi connectivity index (χ0) is 30.5. The monoisotopic (exact) mass is 606 g/mol. The highest BCUT2D eigenvalue weighted by Crippen LogP contribution is 2.37. The highest BCUT2D eigenvalue weighted by atomic mass is 32.2. The van der Waals surface area contributed by atoms with E-state index in [0.29, 0.717) is 27.9 Å². The maximum absolute atomic E-state index is 13.4. The van der Waals surface area contributed by atoms with E-state index in [-0.39, 0.29) is 36.5 Å². The Morgan fingerprint density at radius 3 is 2.51 bits per heavy atom. The van der Waals surface area contributed by atoms with Gasteiger partial charge in [-0.1, -0.05) is 30.0 Å². The molecule has 2 aromatic rings. The number of ether oxygens (including phenoxy) is 4. The lowest BCUT2D eigenvalue weighted by Gasteiger charge is -2.30. The molecule has 0 aromatic heterocycles. The largest absolute Gasteiger partial charge is 0.497 e. The lowest BCUT2D eigenvalue weighted by molar-refractivity contribution is -0.139. The van der Waals surface area contributed by atoms with Crippen LogP contribution >= 0.6 is 11.8 Å². The summed E-state index contributed by atoms with van der Waals surface area (Å²) in [5.41, 5.74) is 3.26. The maximum Gasteiger partial charge on any atom is 0.338 e. The van der Waals surface area contributed by atoms with Gasteiger partial charge < -0.3 is 29.6 Å². The predicted molar refractivity (Wildman–Crippen MR) is 163 cm³/mol. The summed E-state index contributed by atoms with van der Waals surface area (Å²) in [5, 5.41) is 6.19. The van der Waals surface area contributed by atoms with Gasteiger partial charge in [-0.15, -0.1) is 0 Å². The van der Waals surface area contributed by atoms with Gasteiger partial charge >= 0.3 is 12.0 Å². The van der Waals surface area contributed by atoms with Gasteiger partial charge in [-0.25, -0.2) is 14.6 Å². The van der Waals surface area contributed by atoms with E-state index >= 15 is 0 Å². The van der Waals surface area contributed by atoms with Crippen LogP contribution in [-0.4, -0.2) is 67.7 Å². The molecule has 1 unspecified atom stereocenters. The minimum absolute atomic E-state index is 0.0768. The number of benzene rings is 2. The summed E-state index contributed by atoms with van der Waals surface area (Å²) in [6.07, 6.45) is 3.53. The third-order valence-electron chi connectivity index (χ3n) is 7.12. The molecule has 2 aromatic carbocycles. The molecular formula is C31H34N4O7S. The van der Waals surface area contributed by atoms with Crippen LogP contribution in [0.1, 0.15) is 42.5 Å². The van der Waals surface area contributed by atoms with Crippen LogP contribution in [0.3, 0.4) is 0 Å². The zero-order valence-corrected chi connectivity index (χ0v) is 25.3. The number of amidine groups is 1. The fraction of sp³-hybridized carbons (Fsp3) is 0.355. The number of carbonyl (C=O) groups excluding carboxylic acids is 3. The topological polar surface area (TPSA) is 128 Å². The van der Waals surface area contributed by atoms with Crippen LogP contribution in [0.5, 0.6) is 11.5 Å². The van der Waals surface area contributed by atoms with Crippen LogP contribution in [0.2, 0.25) is 0 Å². The molecule has 0 saturated heterocycles. The first-order valence-corrected chi connectivity index (χ1v) is 14.9. The van der Waals surface area contributed by atoms with Crippen LogP contribution in [-0.2, 0) is 25.7 Å². The van der Waals surface area contributed by atoms with Gasteiger partial charge in [0.1, 0.15) is 17.2 Å². The number of nitrogens with zero attached hydrogens (tertiary/aromatic N) is 2. The van der Waals surface area contributed by atoms with E-state index in [2.05, 4.69) is 15.6 Å². The van der Waals surface area contributed by atoms with Crippen LogP contribution in [0, 0.1) is 0 Å². The number of methoxy groups -OCH3 is 3. The number of thioether (sulfide) groups is 1. The number of rotatable bonds is 11. The molecule has 0 bridgehead atoms. The second-order valence-corrected chi connectivity index (χ2v) is 11.0. The summed E-state index contributed by atoms with van der Waals surface area (Å²) in [7, 11) is 4.75. The minimum atomic E-state index is -0.776. The molecule has 11 nitrogen and oxygen atoms in total. The van der Waals surface area contributed by atoms with Gasteiger partial charge in [0.05, 0.1) is 39.0 Å². The van der Waals surface area contributed by atoms with E-state index in [1.807, 2.05) is 30.3 Å². The van der Waals surface area contributed by atoms with Gasteiger partial charge in [-0.3, -0.25) is 9.69 Å². The molecule has 2 N–H and O–H groups in total. The Morgan fingerprint density at radius 1 is 1.09 bits per heavy atom. The van der Waals surface area contributed by atoms with Gasteiger partial charge in [0.15, 0.2) is 5.17 Å². The molecule has 0 spiro atoms. The van der Waals surface area contributed by atoms with E-state index in [9.17, 15) is 14.4 Å². The van der Waals surface area contributed by atoms with E-state index in [1.54, 1.807) is 51.4 Å². The SMILES string of the molecule is CCOC(=O)C1=C(CSC2=NC(=Cc3ccc(OC)cc3)C(=O)N2C2CC2)NC(=O)NC1c1ccc(OC)c(COC)c1. The number of hydrogen-bond donors (Lipinski definition) is 2. The summed E-state index contributed by atoms with van der Waals surface area (Å²) >= 11 is 1.29. The zero-order valence-electron chi connectivity index (χ0n) is 24.5. The molecule has 1 atom stereocenters. The molecule has 5 rings (SSSR count). The van der Waals surface area contributed by atoms with Crippen molar-refractivity contribution in [2.24, 2.45) is 4.99 Å². The van der Waals surface area contributed by atoms with Crippen LogP contribution < -0.4 is 20.1 Å². The Balaban J connectivity index is 1.47. The lowest BCUT2D eigenvalue weighted by atomic mass is 9.94. The number of esters is 1. The molecule has 3 aliphatic rings. The van der Waals surface area contributed by atoms with E-state index in [0.717, 1.165) is 29.7 Å². The van der Waals surface area contributed by atoms with E-state index in [4.69, 9.17) is 18.9 Å². The standard InChI is InChI=1S/C31H34N4O7S/c1-5-42-29(37)26-24(32-30(38)34-27(26)19-8-13-25(41-4)20(15-19)16-39-2)17-43-31-33-23(28(36)35(31)21-9-10-21)14-18-6-11-22(40-3)12-7-18/h6-8,11-15,21,27H,5,9-10,16-17H2,1-4H3,(H2,32,34,38). The Morgan fingerprint density at radius 2 is 1.86 bits per heavy atom. The van der Waals surface area contributed by atoms with Crippen LogP contribution in [0.4, 0.5) is 4.79 Å². The van der Waals surface area contributed by atoms with Crippen molar-refractivity contribution in [3.8, 4) is 11.5 Å². The maximum atomic E-state index is 13.4. The minimum Gasteiger partial charge on any atom is -0.497 e. The number of aliphatic imine (C=N–C) groups is 1. The summed E-state index contributed by atoms with van der Waals surface area (Å²) < 4.78 is 21.4. The van der Waals surface area contributed by atoms with Crippen LogP contribution in [0.25, 0.3) is 6.08 Å². The quantitative estimate of drug-likeness (QED) is 0.289. The van der Waals surface area contributed by atoms with Gasteiger partial charge in [0, 0.05) is 30.2 Å². The van der Waals surface area contributed by atoms with Gasteiger partial charge in [0.25, 0.3) is 5.91 Å². The third kappa shape index (κ3) is 6.70. The smallest absolute Gasteiger partial charge is 0.338 e. The molecule has 2 heterocycles. The average Bonchev–Trinajstić information content (AvgIpc) is 3.80. The fourth-order valence-electron chi connectivity index (χ4n) is 4.94. The lowest BCUT2D eigenvalue weighted by Crippen LogP contribution is -2.46. The highest BCUT2D eigenvalue weighted by molar-refractivity contribution is 8.14. The molecule has 226 valence electrons. The molecular weight excluding hydrogens is 572 g/mol. The first-order valence-electron chi connectivity index (χ1n) is 13.9. The van der Waals surface area contributed by atoms with Gasteiger partial charge in [0.2, 0.25) is 0 Å². The predicted octanol–water partition coefficient (Wildman–Crippen LogP) is 4.16. The third-order valence-corrected chi connectivity index (χ3v) is 8.10. The first-order chi connectivity index (χ1) is 20.9. The van der Waals surface area contributed by atoms with Crippen LogP contribution in [0.15, 0.2) is 64.4 Å². The number of amides is 3. The average molecular weight is 607 g/mol. The Labute approximate surface area is 254 Å².